The van der Waals surface area contributed by atoms with Crippen LogP contribution in [0, 0.1) is 0 Å². The first kappa shape index (κ1) is 12.2. The molecule has 6 heteroatoms. The molecule has 1 aromatic heterocycles. The Hall–Kier alpha value is -1.85. The Morgan fingerprint density at radius 3 is 2.56 bits per heavy atom. The van der Waals surface area contributed by atoms with Crippen LogP contribution < -0.4 is 5.32 Å². The number of nitrogens with one attached hydrogen (secondary N) is 1. The molecule has 16 heavy (non-hydrogen) atoms. The summed E-state index contributed by atoms with van der Waals surface area (Å²) in [7, 11) is 0. The number of carboxylic acids is 1. The van der Waals surface area contributed by atoms with Gasteiger partial charge in [0.25, 0.3) is 5.91 Å². The Bertz CT molecular complexity index is 403. The average molecular weight is 226 g/mol. The highest BCUT2D eigenvalue weighted by molar-refractivity contribution is 5.93. The Kier molecular flexibility index (Phi) is 3.31. The molecule has 0 saturated carbocycles. The minimum Gasteiger partial charge on any atom is -0.480 e. The molecule has 6 nitrogen and oxygen atoms in total. The molecule has 0 unspecified atom stereocenters. The second-order valence-corrected chi connectivity index (χ2v) is 4.40. The summed E-state index contributed by atoms with van der Waals surface area (Å²) < 4.78 is 5.00. The van der Waals surface area contributed by atoms with Crippen LogP contribution in [0.5, 0.6) is 0 Å². The molecule has 88 valence electrons. The second-order valence-electron chi connectivity index (χ2n) is 4.40. The maximum absolute atomic E-state index is 11.4. The molecule has 1 amide bonds. The SMILES string of the molecule is CC(C)(C)c1cc(C(=O)NCC(=O)O)no1. The Morgan fingerprint density at radius 2 is 2.12 bits per heavy atom. The highest BCUT2D eigenvalue weighted by Gasteiger charge is 2.22. The van der Waals surface area contributed by atoms with Crippen molar-refractivity contribution in [3.8, 4) is 0 Å². The van der Waals surface area contributed by atoms with Crippen molar-refractivity contribution in [1.29, 1.82) is 0 Å². The molecule has 0 aliphatic rings. The van der Waals surface area contributed by atoms with Crippen LogP contribution in [-0.2, 0) is 10.2 Å². The van der Waals surface area contributed by atoms with Gasteiger partial charge < -0.3 is 14.9 Å². The van der Waals surface area contributed by atoms with E-state index in [9.17, 15) is 9.59 Å². The maximum atomic E-state index is 11.4. The lowest BCUT2D eigenvalue weighted by Gasteiger charge is -2.12. The van der Waals surface area contributed by atoms with Gasteiger partial charge in [-0.05, 0) is 0 Å². The first-order valence-corrected chi connectivity index (χ1v) is 4.78. The van der Waals surface area contributed by atoms with Crippen LogP contribution in [0.25, 0.3) is 0 Å². The van der Waals surface area contributed by atoms with E-state index in [0.717, 1.165) is 0 Å². The topological polar surface area (TPSA) is 92.4 Å². The molecule has 0 bridgehead atoms. The Morgan fingerprint density at radius 1 is 1.50 bits per heavy atom. The number of aliphatic carboxylic acids is 1. The van der Waals surface area contributed by atoms with E-state index >= 15 is 0 Å². The fourth-order valence-corrected chi connectivity index (χ4v) is 0.982. The van der Waals surface area contributed by atoms with Crippen LogP contribution in [-0.4, -0.2) is 28.7 Å². The minimum atomic E-state index is -1.10. The monoisotopic (exact) mass is 226 g/mol. The van der Waals surface area contributed by atoms with Crippen molar-refractivity contribution in [2.24, 2.45) is 0 Å². The van der Waals surface area contributed by atoms with Gasteiger partial charge in [0.15, 0.2) is 5.69 Å². The normalized spacial score (nSPS) is 11.2. The molecular weight excluding hydrogens is 212 g/mol. The Labute approximate surface area is 92.6 Å². The van der Waals surface area contributed by atoms with E-state index in [1.54, 1.807) is 0 Å². The van der Waals surface area contributed by atoms with Crippen LogP contribution in [0.3, 0.4) is 0 Å². The van der Waals surface area contributed by atoms with E-state index < -0.39 is 18.4 Å². The zero-order chi connectivity index (χ0) is 12.3. The van der Waals surface area contributed by atoms with Gasteiger partial charge in [-0.1, -0.05) is 25.9 Å². The molecule has 1 heterocycles. The van der Waals surface area contributed by atoms with E-state index in [0.29, 0.717) is 5.76 Å². The quantitative estimate of drug-likeness (QED) is 0.794. The van der Waals surface area contributed by atoms with Gasteiger partial charge in [-0.25, -0.2) is 0 Å². The Balaban J connectivity index is 2.71. The largest absolute Gasteiger partial charge is 0.480 e. The van der Waals surface area contributed by atoms with E-state index in [2.05, 4.69) is 10.5 Å². The van der Waals surface area contributed by atoms with Gasteiger partial charge in [-0.2, -0.15) is 0 Å². The zero-order valence-corrected chi connectivity index (χ0v) is 9.40. The maximum Gasteiger partial charge on any atom is 0.322 e. The number of nitrogens with zero attached hydrogens (tertiary/aromatic N) is 1. The van der Waals surface area contributed by atoms with Gasteiger partial charge in [0.1, 0.15) is 12.3 Å². The summed E-state index contributed by atoms with van der Waals surface area (Å²) >= 11 is 0. The molecule has 1 aromatic rings. The average Bonchev–Trinajstić information content (AvgIpc) is 2.61. The van der Waals surface area contributed by atoms with Gasteiger partial charge in [0.05, 0.1) is 0 Å². The summed E-state index contributed by atoms with van der Waals surface area (Å²) in [6.07, 6.45) is 0. The van der Waals surface area contributed by atoms with E-state index in [1.165, 1.54) is 6.07 Å². The van der Waals surface area contributed by atoms with Crippen molar-refractivity contribution in [3.63, 3.8) is 0 Å². The van der Waals surface area contributed by atoms with Gasteiger partial charge in [-0.3, -0.25) is 9.59 Å². The summed E-state index contributed by atoms with van der Waals surface area (Å²) in [5, 5.41) is 14.2. The molecule has 2 N–H and O–H groups in total. The molecular formula is C10H14N2O4. The van der Waals surface area contributed by atoms with Crippen molar-refractivity contribution in [3.05, 3.63) is 17.5 Å². The first-order chi connectivity index (χ1) is 7.30. The van der Waals surface area contributed by atoms with Gasteiger partial charge in [0.2, 0.25) is 0 Å². The molecule has 0 radical (unpaired) electrons. The number of aromatic nitrogens is 1. The summed E-state index contributed by atoms with van der Waals surface area (Å²) in [6.45, 7) is 5.34. The molecule has 0 aliphatic heterocycles. The molecule has 0 aliphatic carbocycles. The fraction of sp³-hybridized carbons (Fsp3) is 0.500. The van der Waals surface area contributed by atoms with Gasteiger partial charge in [0, 0.05) is 11.5 Å². The number of hydrogen-bond donors (Lipinski definition) is 2. The van der Waals surface area contributed by atoms with Crippen LogP contribution >= 0.6 is 0 Å². The minimum absolute atomic E-state index is 0.0891. The van der Waals surface area contributed by atoms with Crippen molar-refractivity contribution >= 4 is 11.9 Å². The van der Waals surface area contributed by atoms with Crippen molar-refractivity contribution in [2.75, 3.05) is 6.54 Å². The lowest BCUT2D eigenvalue weighted by atomic mass is 9.93. The molecule has 1 rings (SSSR count). The van der Waals surface area contributed by atoms with Gasteiger partial charge >= 0.3 is 5.97 Å². The number of carbonyl (C=O) groups excluding carboxylic acids is 1. The lowest BCUT2D eigenvalue weighted by Crippen LogP contribution is -2.29. The van der Waals surface area contributed by atoms with Gasteiger partial charge in [-0.15, -0.1) is 0 Å². The number of amides is 1. The molecule has 0 saturated heterocycles. The number of carboxylic acid groups (broad SMARTS) is 1. The first-order valence-electron chi connectivity index (χ1n) is 4.78. The highest BCUT2D eigenvalue weighted by Crippen LogP contribution is 2.22. The smallest absolute Gasteiger partial charge is 0.322 e. The van der Waals surface area contributed by atoms with Crippen molar-refractivity contribution in [2.45, 2.75) is 26.2 Å². The van der Waals surface area contributed by atoms with Crippen LogP contribution in [0.1, 0.15) is 37.0 Å². The predicted octanol–water partition coefficient (Wildman–Crippen LogP) is 0.786. The fourth-order valence-electron chi connectivity index (χ4n) is 0.982. The lowest BCUT2D eigenvalue weighted by molar-refractivity contribution is -0.135. The predicted molar refractivity (Wildman–Crippen MR) is 55.2 cm³/mol. The molecule has 0 fully saturated rings. The zero-order valence-electron chi connectivity index (χ0n) is 9.40. The standard InChI is InChI=1S/C10H14N2O4/c1-10(2,3)7-4-6(12-16-7)9(15)11-5-8(13)14/h4H,5H2,1-3H3,(H,11,15)(H,13,14). The third kappa shape index (κ3) is 3.08. The molecule has 0 aromatic carbocycles. The van der Waals surface area contributed by atoms with Crippen LogP contribution in [0.4, 0.5) is 0 Å². The summed E-state index contributed by atoms with van der Waals surface area (Å²) in [4.78, 5) is 21.6. The third-order valence-electron chi connectivity index (χ3n) is 1.88. The summed E-state index contributed by atoms with van der Waals surface area (Å²) in [5.41, 5.74) is -0.149. The number of carbonyl (C=O) groups is 2. The number of hydrogen-bond acceptors (Lipinski definition) is 4. The van der Waals surface area contributed by atoms with E-state index in [-0.39, 0.29) is 11.1 Å². The van der Waals surface area contributed by atoms with Crippen molar-refractivity contribution in [1.82, 2.24) is 10.5 Å². The summed E-state index contributed by atoms with van der Waals surface area (Å²) in [5.74, 6) is -1.08. The molecule has 0 atom stereocenters. The molecule has 0 spiro atoms. The van der Waals surface area contributed by atoms with Crippen molar-refractivity contribution < 1.29 is 19.2 Å². The van der Waals surface area contributed by atoms with E-state index in [4.69, 9.17) is 9.63 Å². The van der Waals surface area contributed by atoms with E-state index in [1.807, 2.05) is 20.8 Å². The number of rotatable bonds is 3. The van der Waals surface area contributed by atoms with Crippen LogP contribution in [0.15, 0.2) is 10.6 Å². The second kappa shape index (κ2) is 4.34. The third-order valence-corrected chi connectivity index (χ3v) is 1.88. The summed E-state index contributed by atoms with van der Waals surface area (Å²) in [6, 6.07) is 1.51. The highest BCUT2D eigenvalue weighted by atomic mass is 16.5. The van der Waals surface area contributed by atoms with Crippen LogP contribution in [0.2, 0.25) is 0 Å².